The summed E-state index contributed by atoms with van der Waals surface area (Å²) in [7, 11) is 0. The molecule has 1 heterocycles. The van der Waals surface area contributed by atoms with Crippen molar-refractivity contribution in [1.29, 1.82) is 0 Å². The predicted octanol–water partition coefficient (Wildman–Crippen LogP) is 1.75. The van der Waals surface area contributed by atoms with Crippen LogP contribution in [0.2, 0.25) is 0 Å². The monoisotopic (exact) mass is 227 g/mol. The van der Waals surface area contributed by atoms with Crippen molar-refractivity contribution in [3.8, 4) is 0 Å². The highest BCUT2D eigenvalue weighted by molar-refractivity contribution is 5.78. The van der Waals surface area contributed by atoms with E-state index in [4.69, 9.17) is 5.11 Å². The minimum absolute atomic E-state index is 0.111. The van der Waals surface area contributed by atoms with Crippen LogP contribution in [0.15, 0.2) is 0 Å². The Hall–Kier alpha value is -1.06. The van der Waals surface area contributed by atoms with Gasteiger partial charge in [0.15, 0.2) is 0 Å². The van der Waals surface area contributed by atoms with Crippen LogP contribution in [0.3, 0.4) is 0 Å². The molecule has 0 bridgehead atoms. The molecule has 0 aliphatic carbocycles. The van der Waals surface area contributed by atoms with Crippen molar-refractivity contribution in [3.05, 3.63) is 0 Å². The third kappa shape index (κ3) is 3.83. The standard InChI is InChI=1S/C12H21NO3/c1-9(2)5-6-11(14)13-7-3-4-10(8-13)12(15)16/h9-10H,3-8H2,1-2H3,(H,15,16). The molecular weight excluding hydrogens is 206 g/mol. The fourth-order valence-electron chi connectivity index (χ4n) is 1.98. The van der Waals surface area contributed by atoms with Crippen molar-refractivity contribution < 1.29 is 14.7 Å². The molecular formula is C12H21NO3. The number of amides is 1. The molecule has 1 aliphatic rings. The Kier molecular flexibility index (Phi) is 4.77. The van der Waals surface area contributed by atoms with Gasteiger partial charge in [0.25, 0.3) is 0 Å². The van der Waals surface area contributed by atoms with Crippen molar-refractivity contribution >= 4 is 11.9 Å². The van der Waals surface area contributed by atoms with Crippen LogP contribution < -0.4 is 0 Å². The summed E-state index contributed by atoms with van der Waals surface area (Å²) < 4.78 is 0. The SMILES string of the molecule is CC(C)CCC(=O)N1CCCC(C(=O)O)C1. The zero-order chi connectivity index (χ0) is 12.1. The third-order valence-electron chi connectivity index (χ3n) is 3.06. The van der Waals surface area contributed by atoms with E-state index < -0.39 is 5.97 Å². The van der Waals surface area contributed by atoms with Crippen LogP contribution in [-0.4, -0.2) is 35.0 Å². The van der Waals surface area contributed by atoms with E-state index in [1.165, 1.54) is 0 Å². The summed E-state index contributed by atoms with van der Waals surface area (Å²) in [5.41, 5.74) is 0. The molecule has 16 heavy (non-hydrogen) atoms. The van der Waals surface area contributed by atoms with E-state index in [1.54, 1.807) is 4.90 Å². The number of nitrogens with zero attached hydrogens (tertiary/aromatic N) is 1. The van der Waals surface area contributed by atoms with E-state index in [-0.39, 0.29) is 11.8 Å². The highest BCUT2D eigenvalue weighted by atomic mass is 16.4. The van der Waals surface area contributed by atoms with Crippen molar-refractivity contribution in [2.24, 2.45) is 11.8 Å². The molecule has 1 aliphatic heterocycles. The number of hydrogen-bond acceptors (Lipinski definition) is 2. The molecule has 1 amide bonds. The normalized spacial score (nSPS) is 21.2. The average Bonchev–Trinajstić information content (AvgIpc) is 2.26. The van der Waals surface area contributed by atoms with E-state index in [2.05, 4.69) is 13.8 Å². The lowest BCUT2D eigenvalue weighted by Crippen LogP contribution is -2.42. The molecule has 1 atom stereocenters. The largest absolute Gasteiger partial charge is 0.481 e. The Bertz CT molecular complexity index is 263. The second-order valence-electron chi connectivity index (χ2n) is 4.95. The lowest BCUT2D eigenvalue weighted by molar-refractivity contribution is -0.145. The first-order valence-corrected chi connectivity index (χ1v) is 6.01. The van der Waals surface area contributed by atoms with Gasteiger partial charge in [0, 0.05) is 19.5 Å². The molecule has 0 spiro atoms. The summed E-state index contributed by atoms with van der Waals surface area (Å²) in [6.45, 7) is 5.29. The Labute approximate surface area is 96.6 Å². The van der Waals surface area contributed by atoms with E-state index in [0.29, 0.717) is 25.3 Å². The van der Waals surface area contributed by atoms with E-state index >= 15 is 0 Å². The lowest BCUT2D eigenvalue weighted by atomic mass is 9.97. The Morgan fingerprint density at radius 3 is 2.69 bits per heavy atom. The summed E-state index contributed by atoms with van der Waals surface area (Å²) in [6.07, 6.45) is 2.94. The summed E-state index contributed by atoms with van der Waals surface area (Å²) in [6, 6.07) is 0. The molecule has 1 N–H and O–H groups in total. The van der Waals surface area contributed by atoms with Gasteiger partial charge >= 0.3 is 5.97 Å². The van der Waals surface area contributed by atoms with Crippen LogP contribution in [0.1, 0.15) is 39.5 Å². The van der Waals surface area contributed by atoms with Gasteiger partial charge in [0.1, 0.15) is 0 Å². The van der Waals surface area contributed by atoms with Gasteiger partial charge in [-0.05, 0) is 25.2 Å². The van der Waals surface area contributed by atoms with Gasteiger partial charge in [-0.3, -0.25) is 9.59 Å². The fraction of sp³-hybridized carbons (Fsp3) is 0.833. The first kappa shape index (κ1) is 13.0. The summed E-state index contributed by atoms with van der Waals surface area (Å²) >= 11 is 0. The maximum atomic E-state index is 11.8. The fourth-order valence-corrected chi connectivity index (χ4v) is 1.98. The molecule has 4 heteroatoms. The Balaban J connectivity index is 2.41. The van der Waals surface area contributed by atoms with E-state index in [9.17, 15) is 9.59 Å². The van der Waals surface area contributed by atoms with Crippen LogP contribution in [0, 0.1) is 11.8 Å². The minimum Gasteiger partial charge on any atom is -0.481 e. The molecule has 4 nitrogen and oxygen atoms in total. The van der Waals surface area contributed by atoms with Gasteiger partial charge in [-0.2, -0.15) is 0 Å². The third-order valence-corrected chi connectivity index (χ3v) is 3.06. The second kappa shape index (κ2) is 5.87. The smallest absolute Gasteiger partial charge is 0.308 e. The van der Waals surface area contributed by atoms with Crippen LogP contribution in [0.5, 0.6) is 0 Å². The molecule has 0 aromatic heterocycles. The van der Waals surface area contributed by atoms with E-state index in [1.807, 2.05) is 0 Å². The molecule has 1 fully saturated rings. The molecule has 92 valence electrons. The quantitative estimate of drug-likeness (QED) is 0.796. The van der Waals surface area contributed by atoms with Gasteiger partial charge in [0.2, 0.25) is 5.91 Å². The van der Waals surface area contributed by atoms with Gasteiger partial charge < -0.3 is 10.0 Å². The summed E-state index contributed by atoms with van der Waals surface area (Å²) in [5, 5.41) is 8.92. The van der Waals surface area contributed by atoms with Gasteiger partial charge in [-0.25, -0.2) is 0 Å². The predicted molar refractivity (Wildman–Crippen MR) is 61.0 cm³/mol. The molecule has 0 radical (unpaired) electrons. The Morgan fingerprint density at radius 2 is 2.12 bits per heavy atom. The number of carbonyl (C=O) groups is 2. The number of carboxylic acid groups (broad SMARTS) is 1. The number of piperidine rings is 1. The summed E-state index contributed by atoms with van der Waals surface area (Å²) in [4.78, 5) is 24.4. The summed E-state index contributed by atoms with van der Waals surface area (Å²) in [5.74, 6) is -0.512. The Morgan fingerprint density at radius 1 is 1.44 bits per heavy atom. The van der Waals surface area contributed by atoms with Gasteiger partial charge in [0.05, 0.1) is 5.92 Å². The second-order valence-corrected chi connectivity index (χ2v) is 4.95. The van der Waals surface area contributed by atoms with Gasteiger partial charge in [-0.1, -0.05) is 13.8 Å². The number of likely N-dealkylation sites (tertiary alicyclic amines) is 1. The molecule has 1 unspecified atom stereocenters. The number of carboxylic acids is 1. The highest BCUT2D eigenvalue weighted by Crippen LogP contribution is 2.18. The van der Waals surface area contributed by atoms with Crippen LogP contribution >= 0.6 is 0 Å². The first-order chi connectivity index (χ1) is 7.50. The first-order valence-electron chi connectivity index (χ1n) is 6.01. The van der Waals surface area contributed by atoms with Gasteiger partial charge in [-0.15, -0.1) is 0 Å². The molecule has 1 rings (SSSR count). The molecule has 0 aromatic carbocycles. The molecule has 1 saturated heterocycles. The number of hydrogen-bond donors (Lipinski definition) is 1. The zero-order valence-corrected chi connectivity index (χ0v) is 10.1. The molecule has 0 saturated carbocycles. The highest BCUT2D eigenvalue weighted by Gasteiger charge is 2.27. The number of rotatable bonds is 4. The molecule has 0 aromatic rings. The topological polar surface area (TPSA) is 57.6 Å². The van der Waals surface area contributed by atoms with Crippen LogP contribution in [0.4, 0.5) is 0 Å². The number of aliphatic carboxylic acids is 1. The minimum atomic E-state index is -0.777. The lowest BCUT2D eigenvalue weighted by Gasteiger charge is -2.31. The van der Waals surface area contributed by atoms with E-state index in [0.717, 1.165) is 19.4 Å². The zero-order valence-electron chi connectivity index (χ0n) is 10.1. The van der Waals surface area contributed by atoms with Crippen molar-refractivity contribution in [3.63, 3.8) is 0 Å². The average molecular weight is 227 g/mol. The van der Waals surface area contributed by atoms with Crippen molar-refractivity contribution in [2.45, 2.75) is 39.5 Å². The maximum absolute atomic E-state index is 11.8. The van der Waals surface area contributed by atoms with Crippen molar-refractivity contribution in [1.82, 2.24) is 4.90 Å². The maximum Gasteiger partial charge on any atom is 0.308 e. The van der Waals surface area contributed by atoms with Crippen LogP contribution in [0.25, 0.3) is 0 Å². The van der Waals surface area contributed by atoms with Crippen LogP contribution in [-0.2, 0) is 9.59 Å². The number of carbonyl (C=O) groups excluding carboxylic acids is 1. The van der Waals surface area contributed by atoms with Crippen molar-refractivity contribution in [2.75, 3.05) is 13.1 Å².